The first-order valence-corrected chi connectivity index (χ1v) is 5.59. The molecule has 0 aliphatic rings. The van der Waals surface area contributed by atoms with Crippen LogP contribution in [0.25, 0.3) is 0 Å². The number of anilines is 1. The van der Waals surface area contributed by atoms with Gasteiger partial charge in [0.05, 0.1) is 10.7 Å². The standard InChI is InChI=1S/C11H11Cl2NO3/c1-6(17-7(2)15)11(16)14-10-5-8(12)3-4-9(10)13/h3-6H,1-2H3,(H,14,16)/t6-/m0/s1. The molecule has 1 rings (SSSR count). The third-order valence-electron chi connectivity index (χ3n) is 1.90. The van der Waals surface area contributed by atoms with Crippen molar-refractivity contribution in [2.75, 3.05) is 5.32 Å². The van der Waals surface area contributed by atoms with E-state index >= 15 is 0 Å². The summed E-state index contributed by atoms with van der Waals surface area (Å²) >= 11 is 11.6. The van der Waals surface area contributed by atoms with Crippen LogP contribution in [0.5, 0.6) is 0 Å². The molecule has 1 aromatic rings. The summed E-state index contributed by atoms with van der Waals surface area (Å²) in [5, 5.41) is 3.33. The fourth-order valence-corrected chi connectivity index (χ4v) is 1.47. The predicted molar refractivity (Wildman–Crippen MR) is 66.3 cm³/mol. The molecule has 0 saturated heterocycles. The van der Waals surface area contributed by atoms with Crippen molar-refractivity contribution in [2.45, 2.75) is 20.0 Å². The van der Waals surface area contributed by atoms with Gasteiger partial charge < -0.3 is 10.1 Å². The Bertz CT molecular complexity index is 448. The minimum Gasteiger partial charge on any atom is -0.453 e. The summed E-state index contributed by atoms with van der Waals surface area (Å²) < 4.78 is 4.73. The minimum atomic E-state index is -0.887. The summed E-state index contributed by atoms with van der Waals surface area (Å²) in [5.41, 5.74) is 0.378. The van der Waals surface area contributed by atoms with Crippen molar-refractivity contribution in [3.63, 3.8) is 0 Å². The molecule has 1 amide bonds. The number of esters is 1. The van der Waals surface area contributed by atoms with E-state index in [0.717, 1.165) is 0 Å². The average molecular weight is 276 g/mol. The van der Waals surface area contributed by atoms with Gasteiger partial charge in [-0.3, -0.25) is 9.59 Å². The molecule has 4 nitrogen and oxygen atoms in total. The number of ether oxygens (including phenoxy) is 1. The second-order valence-electron chi connectivity index (χ2n) is 3.37. The third kappa shape index (κ3) is 4.24. The molecule has 0 unspecified atom stereocenters. The SMILES string of the molecule is CC(=O)O[C@@H](C)C(=O)Nc1cc(Cl)ccc1Cl. The summed E-state index contributed by atoms with van der Waals surface area (Å²) in [4.78, 5) is 22.3. The van der Waals surface area contributed by atoms with Gasteiger partial charge in [-0.1, -0.05) is 23.2 Å². The van der Waals surface area contributed by atoms with E-state index in [9.17, 15) is 9.59 Å². The summed E-state index contributed by atoms with van der Waals surface area (Å²) in [5.74, 6) is -0.991. The van der Waals surface area contributed by atoms with E-state index in [4.69, 9.17) is 27.9 Å². The van der Waals surface area contributed by atoms with Crippen LogP contribution in [-0.2, 0) is 14.3 Å². The van der Waals surface area contributed by atoms with Gasteiger partial charge in [-0.15, -0.1) is 0 Å². The van der Waals surface area contributed by atoms with Crippen molar-refractivity contribution < 1.29 is 14.3 Å². The van der Waals surface area contributed by atoms with Crippen LogP contribution in [0.1, 0.15) is 13.8 Å². The number of amides is 1. The van der Waals surface area contributed by atoms with E-state index in [1.165, 1.54) is 19.9 Å². The lowest BCUT2D eigenvalue weighted by Gasteiger charge is -2.13. The molecule has 0 aromatic heterocycles. The zero-order valence-electron chi connectivity index (χ0n) is 9.29. The van der Waals surface area contributed by atoms with E-state index in [-0.39, 0.29) is 0 Å². The maximum absolute atomic E-state index is 11.6. The van der Waals surface area contributed by atoms with Crippen LogP contribution in [0.3, 0.4) is 0 Å². The first-order chi connectivity index (χ1) is 7.90. The summed E-state index contributed by atoms with van der Waals surface area (Å²) in [7, 11) is 0. The highest BCUT2D eigenvalue weighted by Crippen LogP contribution is 2.25. The topological polar surface area (TPSA) is 55.4 Å². The van der Waals surface area contributed by atoms with Gasteiger partial charge in [0.25, 0.3) is 5.91 Å². The lowest BCUT2D eigenvalue weighted by Crippen LogP contribution is -2.29. The molecule has 1 atom stereocenters. The van der Waals surface area contributed by atoms with Gasteiger partial charge >= 0.3 is 5.97 Å². The molecule has 0 radical (unpaired) electrons. The normalized spacial score (nSPS) is 11.8. The molecule has 6 heteroatoms. The highest BCUT2D eigenvalue weighted by molar-refractivity contribution is 6.35. The molecule has 0 spiro atoms. The van der Waals surface area contributed by atoms with Gasteiger partial charge in [0.1, 0.15) is 0 Å². The monoisotopic (exact) mass is 275 g/mol. The number of hydrogen-bond donors (Lipinski definition) is 1. The molecule has 0 fully saturated rings. The lowest BCUT2D eigenvalue weighted by molar-refractivity contribution is -0.150. The molecular weight excluding hydrogens is 265 g/mol. The Balaban J connectivity index is 2.73. The fraction of sp³-hybridized carbons (Fsp3) is 0.273. The number of benzene rings is 1. The zero-order chi connectivity index (χ0) is 13.0. The van der Waals surface area contributed by atoms with Crippen molar-refractivity contribution in [3.8, 4) is 0 Å². The van der Waals surface area contributed by atoms with Crippen LogP contribution >= 0.6 is 23.2 Å². The van der Waals surface area contributed by atoms with Crippen molar-refractivity contribution in [2.24, 2.45) is 0 Å². The van der Waals surface area contributed by atoms with Crippen LogP contribution in [-0.4, -0.2) is 18.0 Å². The number of carbonyl (C=O) groups excluding carboxylic acids is 2. The second kappa shape index (κ2) is 5.89. The lowest BCUT2D eigenvalue weighted by atomic mass is 10.3. The second-order valence-corrected chi connectivity index (χ2v) is 4.21. The number of rotatable bonds is 3. The number of nitrogens with one attached hydrogen (secondary N) is 1. The molecule has 0 saturated carbocycles. The summed E-state index contributed by atoms with van der Waals surface area (Å²) in [6.45, 7) is 2.70. The Labute approximate surface area is 109 Å². The van der Waals surface area contributed by atoms with Gasteiger partial charge in [0, 0.05) is 11.9 Å². The van der Waals surface area contributed by atoms with Crippen LogP contribution in [0.4, 0.5) is 5.69 Å². The Hall–Kier alpha value is -1.26. The van der Waals surface area contributed by atoms with E-state index in [1.807, 2.05) is 0 Å². The van der Waals surface area contributed by atoms with Crippen molar-refractivity contribution in [1.29, 1.82) is 0 Å². The molecule has 0 heterocycles. The van der Waals surface area contributed by atoms with Crippen molar-refractivity contribution in [1.82, 2.24) is 0 Å². The van der Waals surface area contributed by atoms with Crippen molar-refractivity contribution in [3.05, 3.63) is 28.2 Å². The molecular formula is C11H11Cl2NO3. The van der Waals surface area contributed by atoms with E-state index in [1.54, 1.807) is 12.1 Å². The molecule has 0 bridgehead atoms. The number of halogens is 2. The number of hydrogen-bond acceptors (Lipinski definition) is 3. The predicted octanol–water partition coefficient (Wildman–Crippen LogP) is 2.88. The average Bonchev–Trinajstić information content (AvgIpc) is 2.22. The maximum atomic E-state index is 11.6. The summed E-state index contributed by atoms with van der Waals surface area (Å²) in [6, 6.07) is 4.69. The van der Waals surface area contributed by atoms with Crippen molar-refractivity contribution >= 4 is 40.8 Å². The largest absolute Gasteiger partial charge is 0.453 e. The Kier molecular flexibility index (Phi) is 4.78. The quantitative estimate of drug-likeness (QED) is 0.863. The van der Waals surface area contributed by atoms with Gasteiger partial charge in [-0.2, -0.15) is 0 Å². The highest BCUT2D eigenvalue weighted by atomic mass is 35.5. The first-order valence-electron chi connectivity index (χ1n) is 4.83. The van der Waals surface area contributed by atoms with Crippen LogP contribution in [0.2, 0.25) is 10.0 Å². The van der Waals surface area contributed by atoms with E-state index < -0.39 is 18.0 Å². The number of carbonyl (C=O) groups is 2. The third-order valence-corrected chi connectivity index (χ3v) is 2.46. The van der Waals surface area contributed by atoms with Gasteiger partial charge in [0.2, 0.25) is 0 Å². The molecule has 17 heavy (non-hydrogen) atoms. The van der Waals surface area contributed by atoms with Crippen LogP contribution in [0, 0.1) is 0 Å². The highest BCUT2D eigenvalue weighted by Gasteiger charge is 2.16. The zero-order valence-corrected chi connectivity index (χ0v) is 10.8. The van der Waals surface area contributed by atoms with Crippen LogP contribution in [0.15, 0.2) is 18.2 Å². The Morgan fingerprint density at radius 3 is 2.59 bits per heavy atom. The molecule has 1 aromatic carbocycles. The Morgan fingerprint density at radius 1 is 1.35 bits per heavy atom. The summed E-state index contributed by atoms with van der Waals surface area (Å²) in [6.07, 6.45) is -0.887. The van der Waals surface area contributed by atoms with Gasteiger partial charge in [-0.05, 0) is 25.1 Å². The smallest absolute Gasteiger partial charge is 0.303 e. The van der Waals surface area contributed by atoms with E-state index in [0.29, 0.717) is 15.7 Å². The molecule has 0 aliphatic carbocycles. The maximum Gasteiger partial charge on any atom is 0.303 e. The van der Waals surface area contributed by atoms with Gasteiger partial charge in [-0.25, -0.2) is 0 Å². The van der Waals surface area contributed by atoms with Gasteiger partial charge in [0.15, 0.2) is 6.10 Å². The molecule has 92 valence electrons. The van der Waals surface area contributed by atoms with Crippen LogP contribution < -0.4 is 5.32 Å². The Morgan fingerprint density at radius 2 is 2.00 bits per heavy atom. The van der Waals surface area contributed by atoms with E-state index in [2.05, 4.69) is 5.32 Å². The fourth-order valence-electron chi connectivity index (χ4n) is 1.13. The first kappa shape index (κ1) is 13.8. The molecule has 1 N–H and O–H groups in total. The minimum absolute atomic E-state index is 0.359. The molecule has 0 aliphatic heterocycles.